The Hall–Kier alpha value is -1.75. The molecular formula is C11H13ClN2O3. The summed E-state index contributed by atoms with van der Waals surface area (Å²) in [5, 5.41) is 14.0. The number of hydrogen-bond donors (Lipinski definition) is 3. The second-order valence-corrected chi connectivity index (χ2v) is 3.92. The number of amides is 2. The van der Waals surface area contributed by atoms with Crippen LogP contribution in [0.15, 0.2) is 18.2 Å². The average molecular weight is 257 g/mol. The van der Waals surface area contributed by atoms with Gasteiger partial charge in [-0.25, -0.2) is 4.79 Å². The van der Waals surface area contributed by atoms with Gasteiger partial charge in [-0.3, -0.25) is 4.79 Å². The Labute approximate surface area is 104 Å². The van der Waals surface area contributed by atoms with Crippen LogP contribution in [0.3, 0.4) is 0 Å². The highest BCUT2D eigenvalue weighted by molar-refractivity contribution is 6.31. The van der Waals surface area contributed by atoms with Gasteiger partial charge in [0.1, 0.15) is 0 Å². The van der Waals surface area contributed by atoms with Crippen molar-refractivity contribution >= 4 is 29.3 Å². The van der Waals surface area contributed by atoms with Gasteiger partial charge in [0, 0.05) is 17.3 Å². The Morgan fingerprint density at radius 1 is 1.41 bits per heavy atom. The van der Waals surface area contributed by atoms with E-state index in [1.807, 2.05) is 6.92 Å². The van der Waals surface area contributed by atoms with E-state index in [4.69, 9.17) is 16.7 Å². The topological polar surface area (TPSA) is 78.4 Å². The first-order valence-electron chi connectivity index (χ1n) is 5.02. The molecule has 6 heteroatoms. The first-order chi connectivity index (χ1) is 7.99. The third-order valence-corrected chi connectivity index (χ3v) is 2.31. The Bertz CT molecular complexity index is 435. The number of aliphatic carboxylic acids is 1. The van der Waals surface area contributed by atoms with Crippen LogP contribution in [0.1, 0.15) is 12.0 Å². The van der Waals surface area contributed by atoms with Gasteiger partial charge in [-0.15, -0.1) is 0 Å². The molecule has 0 atom stereocenters. The summed E-state index contributed by atoms with van der Waals surface area (Å²) in [7, 11) is 0. The number of nitrogens with one attached hydrogen (secondary N) is 2. The number of anilines is 1. The van der Waals surface area contributed by atoms with Crippen molar-refractivity contribution in [3.63, 3.8) is 0 Å². The maximum absolute atomic E-state index is 11.4. The van der Waals surface area contributed by atoms with Crippen molar-refractivity contribution in [1.29, 1.82) is 0 Å². The number of carbonyl (C=O) groups is 2. The Morgan fingerprint density at radius 2 is 2.12 bits per heavy atom. The maximum Gasteiger partial charge on any atom is 0.319 e. The van der Waals surface area contributed by atoms with E-state index in [-0.39, 0.29) is 13.0 Å². The van der Waals surface area contributed by atoms with Crippen molar-refractivity contribution in [3.05, 3.63) is 28.8 Å². The molecule has 0 aliphatic rings. The van der Waals surface area contributed by atoms with Gasteiger partial charge in [0.25, 0.3) is 0 Å². The summed E-state index contributed by atoms with van der Waals surface area (Å²) in [6, 6.07) is 4.70. The molecule has 0 bridgehead atoms. The Balaban J connectivity index is 2.50. The zero-order chi connectivity index (χ0) is 12.8. The zero-order valence-corrected chi connectivity index (χ0v) is 10.0. The lowest BCUT2D eigenvalue weighted by Crippen LogP contribution is -2.30. The van der Waals surface area contributed by atoms with Crippen molar-refractivity contribution < 1.29 is 14.7 Å². The smallest absolute Gasteiger partial charge is 0.319 e. The van der Waals surface area contributed by atoms with Gasteiger partial charge in [-0.1, -0.05) is 17.7 Å². The van der Waals surface area contributed by atoms with Crippen molar-refractivity contribution in [2.75, 3.05) is 11.9 Å². The predicted molar refractivity (Wildman–Crippen MR) is 65.5 cm³/mol. The molecule has 1 rings (SSSR count). The first-order valence-corrected chi connectivity index (χ1v) is 5.39. The first kappa shape index (κ1) is 13.3. The van der Waals surface area contributed by atoms with Gasteiger partial charge in [0.15, 0.2) is 0 Å². The van der Waals surface area contributed by atoms with Gasteiger partial charge >= 0.3 is 12.0 Å². The van der Waals surface area contributed by atoms with Crippen LogP contribution in [0.4, 0.5) is 10.5 Å². The van der Waals surface area contributed by atoms with Gasteiger partial charge in [-0.05, 0) is 24.6 Å². The SMILES string of the molecule is Cc1ccc(Cl)cc1NC(=O)NCCC(=O)O. The molecule has 0 aromatic heterocycles. The molecule has 1 aromatic carbocycles. The van der Waals surface area contributed by atoms with E-state index in [0.717, 1.165) is 5.56 Å². The second kappa shape index (κ2) is 6.10. The fourth-order valence-corrected chi connectivity index (χ4v) is 1.35. The summed E-state index contributed by atoms with van der Waals surface area (Å²) in [6.45, 7) is 1.92. The lowest BCUT2D eigenvalue weighted by molar-refractivity contribution is -0.136. The summed E-state index contributed by atoms with van der Waals surface area (Å²) in [5.41, 5.74) is 1.48. The van der Waals surface area contributed by atoms with Gasteiger partial charge in [0.2, 0.25) is 0 Å². The summed E-state index contributed by atoms with van der Waals surface area (Å²) in [4.78, 5) is 21.6. The lowest BCUT2D eigenvalue weighted by atomic mass is 10.2. The zero-order valence-electron chi connectivity index (χ0n) is 9.29. The fourth-order valence-electron chi connectivity index (χ4n) is 1.18. The highest BCUT2D eigenvalue weighted by Crippen LogP contribution is 2.19. The Morgan fingerprint density at radius 3 is 2.76 bits per heavy atom. The molecule has 0 radical (unpaired) electrons. The molecule has 0 saturated heterocycles. The molecule has 2 amide bonds. The van der Waals surface area contributed by atoms with Crippen LogP contribution in [0, 0.1) is 6.92 Å². The highest BCUT2D eigenvalue weighted by Gasteiger charge is 2.05. The van der Waals surface area contributed by atoms with E-state index in [1.165, 1.54) is 0 Å². The van der Waals surface area contributed by atoms with Crippen LogP contribution >= 0.6 is 11.6 Å². The van der Waals surface area contributed by atoms with Crippen molar-refractivity contribution in [2.24, 2.45) is 0 Å². The number of carbonyl (C=O) groups excluding carboxylic acids is 1. The quantitative estimate of drug-likeness (QED) is 0.773. The van der Waals surface area contributed by atoms with Crippen molar-refractivity contribution in [3.8, 4) is 0 Å². The normalized spacial score (nSPS) is 9.76. The molecule has 0 aliphatic carbocycles. The number of rotatable bonds is 4. The van der Waals surface area contributed by atoms with Crippen LogP contribution in [-0.2, 0) is 4.79 Å². The molecule has 0 saturated carbocycles. The standard InChI is InChI=1S/C11H13ClN2O3/c1-7-2-3-8(12)6-9(7)14-11(17)13-5-4-10(15)16/h2-3,6H,4-5H2,1H3,(H,15,16)(H2,13,14,17). The largest absolute Gasteiger partial charge is 0.481 e. The monoisotopic (exact) mass is 256 g/mol. The van der Waals surface area contributed by atoms with Gasteiger partial charge in [0.05, 0.1) is 6.42 Å². The van der Waals surface area contributed by atoms with E-state index >= 15 is 0 Å². The fraction of sp³-hybridized carbons (Fsp3) is 0.273. The van der Waals surface area contributed by atoms with E-state index < -0.39 is 12.0 Å². The van der Waals surface area contributed by atoms with Crippen LogP contribution in [0.25, 0.3) is 0 Å². The molecule has 1 aromatic rings. The van der Waals surface area contributed by atoms with Gasteiger partial charge < -0.3 is 15.7 Å². The lowest BCUT2D eigenvalue weighted by Gasteiger charge is -2.09. The third kappa shape index (κ3) is 4.74. The molecule has 92 valence electrons. The van der Waals surface area contributed by atoms with Crippen molar-refractivity contribution in [1.82, 2.24) is 5.32 Å². The number of hydrogen-bond acceptors (Lipinski definition) is 2. The maximum atomic E-state index is 11.4. The number of benzene rings is 1. The van der Waals surface area contributed by atoms with Crippen LogP contribution in [0.2, 0.25) is 5.02 Å². The molecular weight excluding hydrogens is 244 g/mol. The molecule has 0 fully saturated rings. The second-order valence-electron chi connectivity index (χ2n) is 3.48. The van der Waals surface area contributed by atoms with Crippen LogP contribution in [-0.4, -0.2) is 23.7 Å². The third-order valence-electron chi connectivity index (χ3n) is 2.07. The molecule has 0 spiro atoms. The van der Waals surface area contributed by atoms with E-state index in [2.05, 4.69) is 10.6 Å². The predicted octanol–water partition coefficient (Wildman–Crippen LogP) is 2.24. The summed E-state index contributed by atoms with van der Waals surface area (Å²) < 4.78 is 0. The minimum atomic E-state index is -0.954. The summed E-state index contributed by atoms with van der Waals surface area (Å²) in [5.74, 6) is -0.954. The summed E-state index contributed by atoms with van der Waals surface area (Å²) >= 11 is 5.80. The van der Waals surface area contributed by atoms with Crippen LogP contribution < -0.4 is 10.6 Å². The number of carboxylic acid groups (broad SMARTS) is 1. The average Bonchev–Trinajstić information content (AvgIpc) is 2.23. The number of aryl methyl sites for hydroxylation is 1. The highest BCUT2D eigenvalue weighted by atomic mass is 35.5. The minimum absolute atomic E-state index is 0.0841. The van der Waals surface area contributed by atoms with E-state index in [1.54, 1.807) is 18.2 Å². The van der Waals surface area contributed by atoms with Gasteiger partial charge in [-0.2, -0.15) is 0 Å². The molecule has 0 unspecified atom stereocenters. The Kier molecular flexibility index (Phi) is 4.78. The number of urea groups is 1. The van der Waals surface area contributed by atoms with Crippen molar-refractivity contribution in [2.45, 2.75) is 13.3 Å². The number of halogens is 1. The van der Waals surface area contributed by atoms with E-state index in [0.29, 0.717) is 10.7 Å². The summed E-state index contributed by atoms with van der Waals surface area (Å²) in [6.07, 6.45) is -0.109. The van der Waals surface area contributed by atoms with E-state index in [9.17, 15) is 9.59 Å². The minimum Gasteiger partial charge on any atom is -0.481 e. The molecule has 0 aliphatic heterocycles. The number of carboxylic acids is 1. The molecule has 3 N–H and O–H groups in total. The molecule has 0 heterocycles. The van der Waals surface area contributed by atoms with Crippen LogP contribution in [0.5, 0.6) is 0 Å². The molecule has 5 nitrogen and oxygen atoms in total. The molecule has 17 heavy (non-hydrogen) atoms.